The van der Waals surface area contributed by atoms with Gasteiger partial charge in [0, 0.05) is 12.1 Å². The van der Waals surface area contributed by atoms with Crippen molar-refractivity contribution in [3.05, 3.63) is 24.8 Å². The van der Waals surface area contributed by atoms with Crippen molar-refractivity contribution >= 4 is 0 Å². The molecule has 74 valence electrons. The maximum absolute atomic E-state index is 3.78. The topological polar surface area (TPSA) is 12.0 Å². The fourth-order valence-corrected chi connectivity index (χ4v) is 1.80. The lowest BCUT2D eigenvalue weighted by Gasteiger charge is -2.26. The summed E-state index contributed by atoms with van der Waals surface area (Å²) in [7, 11) is 0. The predicted octanol–water partition coefficient (Wildman–Crippen LogP) is 3.04. The van der Waals surface area contributed by atoms with Crippen molar-refractivity contribution in [3.63, 3.8) is 0 Å². The van der Waals surface area contributed by atoms with Crippen LogP contribution in [0.2, 0.25) is 0 Å². The number of rotatable bonds is 5. The van der Waals surface area contributed by atoms with E-state index in [1.807, 2.05) is 6.08 Å². The summed E-state index contributed by atoms with van der Waals surface area (Å²) in [4.78, 5) is 0. The van der Waals surface area contributed by atoms with Gasteiger partial charge in [0.1, 0.15) is 0 Å². The van der Waals surface area contributed by atoms with Crippen molar-refractivity contribution in [2.45, 2.75) is 51.1 Å². The molecule has 0 aromatic rings. The van der Waals surface area contributed by atoms with Crippen LogP contribution in [0.4, 0.5) is 0 Å². The molecular weight excluding hydrogens is 158 g/mol. The summed E-state index contributed by atoms with van der Waals surface area (Å²) in [6.45, 7) is 6.02. The maximum Gasteiger partial charge on any atom is 0.0252 e. The lowest BCUT2D eigenvalue weighted by atomic mass is 10.00. The Balaban J connectivity index is 2.28. The molecule has 0 unspecified atom stereocenters. The van der Waals surface area contributed by atoms with Crippen LogP contribution in [0.15, 0.2) is 24.8 Å². The second-order valence-corrected chi connectivity index (χ2v) is 3.80. The Bertz CT molecular complexity index is 172. The number of nitrogens with one attached hydrogen (secondary N) is 1. The molecule has 0 aliphatic carbocycles. The van der Waals surface area contributed by atoms with E-state index in [9.17, 15) is 0 Å². The van der Waals surface area contributed by atoms with E-state index in [0.717, 1.165) is 12.8 Å². The minimum Gasteiger partial charge on any atom is -0.307 e. The van der Waals surface area contributed by atoms with E-state index in [1.54, 1.807) is 0 Å². The number of unbranched alkanes of at least 4 members (excludes halogenated alkanes) is 1. The Morgan fingerprint density at radius 2 is 2.46 bits per heavy atom. The van der Waals surface area contributed by atoms with Crippen LogP contribution in [0.5, 0.6) is 0 Å². The van der Waals surface area contributed by atoms with E-state index >= 15 is 0 Å². The molecule has 0 saturated heterocycles. The molecule has 1 N–H and O–H groups in total. The van der Waals surface area contributed by atoms with Gasteiger partial charge in [-0.3, -0.25) is 0 Å². The Labute approximate surface area is 81.9 Å². The van der Waals surface area contributed by atoms with Crippen molar-refractivity contribution in [2.24, 2.45) is 0 Å². The lowest BCUT2D eigenvalue weighted by Crippen LogP contribution is -2.39. The second-order valence-electron chi connectivity index (χ2n) is 3.80. The minimum absolute atomic E-state index is 0.610. The first-order valence-corrected chi connectivity index (χ1v) is 5.40. The van der Waals surface area contributed by atoms with Gasteiger partial charge < -0.3 is 5.32 Å². The van der Waals surface area contributed by atoms with Gasteiger partial charge in [0.2, 0.25) is 0 Å². The molecule has 0 saturated carbocycles. The molecule has 1 heterocycles. The van der Waals surface area contributed by atoms with Crippen molar-refractivity contribution in [3.8, 4) is 0 Å². The molecule has 1 aliphatic rings. The molecular formula is C12H21N. The molecule has 0 aromatic carbocycles. The third-order valence-corrected chi connectivity index (χ3v) is 2.56. The summed E-state index contributed by atoms with van der Waals surface area (Å²) >= 11 is 0. The van der Waals surface area contributed by atoms with E-state index < -0.39 is 0 Å². The van der Waals surface area contributed by atoms with Crippen LogP contribution in [-0.2, 0) is 0 Å². The average molecular weight is 179 g/mol. The van der Waals surface area contributed by atoms with Gasteiger partial charge in [-0.05, 0) is 19.3 Å². The summed E-state index contributed by atoms with van der Waals surface area (Å²) < 4.78 is 0. The van der Waals surface area contributed by atoms with Gasteiger partial charge >= 0.3 is 0 Å². The Morgan fingerprint density at radius 1 is 1.62 bits per heavy atom. The molecule has 1 nitrogen and oxygen atoms in total. The van der Waals surface area contributed by atoms with Crippen LogP contribution in [0.3, 0.4) is 0 Å². The molecule has 1 heteroatoms. The molecule has 2 atom stereocenters. The second kappa shape index (κ2) is 5.98. The summed E-state index contributed by atoms with van der Waals surface area (Å²) in [6, 6.07) is 1.24. The van der Waals surface area contributed by atoms with Crippen LogP contribution in [0.25, 0.3) is 0 Å². The van der Waals surface area contributed by atoms with Crippen LogP contribution in [-0.4, -0.2) is 12.1 Å². The first kappa shape index (κ1) is 10.5. The standard InChI is InChI=1S/C12H21N/c1-3-5-8-12-10-6-9-11(13-12)7-4-2/h4,6,10-13H,2-3,5,7-9H2,1H3/t11-,12+/m0/s1. The highest BCUT2D eigenvalue weighted by atomic mass is 14.9. The minimum atomic E-state index is 0.610. The Morgan fingerprint density at radius 3 is 3.15 bits per heavy atom. The quantitative estimate of drug-likeness (QED) is 0.640. The fraction of sp³-hybridized carbons (Fsp3) is 0.667. The third kappa shape index (κ3) is 3.77. The molecule has 13 heavy (non-hydrogen) atoms. The Kier molecular flexibility index (Phi) is 4.84. The van der Waals surface area contributed by atoms with Crippen LogP contribution in [0.1, 0.15) is 39.0 Å². The normalized spacial score (nSPS) is 27.5. The van der Waals surface area contributed by atoms with Crippen LogP contribution >= 0.6 is 0 Å². The van der Waals surface area contributed by atoms with Gasteiger partial charge in [0.25, 0.3) is 0 Å². The molecule has 0 fully saturated rings. The smallest absolute Gasteiger partial charge is 0.0252 e. The molecule has 0 bridgehead atoms. The predicted molar refractivity (Wildman–Crippen MR) is 58.8 cm³/mol. The van der Waals surface area contributed by atoms with Crippen LogP contribution < -0.4 is 5.32 Å². The average Bonchev–Trinajstić information content (AvgIpc) is 2.16. The lowest BCUT2D eigenvalue weighted by molar-refractivity contribution is 0.429. The van der Waals surface area contributed by atoms with Crippen molar-refractivity contribution in [2.75, 3.05) is 0 Å². The Hall–Kier alpha value is -0.560. The zero-order valence-corrected chi connectivity index (χ0v) is 8.63. The van der Waals surface area contributed by atoms with Crippen molar-refractivity contribution in [1.29, 1.82) is 0 Å². The number of hydrogen-bond donors (Lipinski definition) is 1. The molecule has 1 aliphatic heterocycles. The first-order valence-electron chi connectivity index (χ1n) is 5.40. The van der Waals surface area contributed by atoms with Gasteiger partial charge in [-0.2, -0.15) is 0 Å². The SMILES string of the molecule is C=CC[C@H]1CC=C[C@@H](CCCC)N1. The summed E-state index contributed by atoms with van der Waals surface area (Å²) in [5, 5.41) is 3.63. The highest BCUT2D eigenvalue weighted by Crippen LogP contribution is 2.12. The zero-order valence-electron chi connectivity index (χ0n) is 8.63. The summed E-state index contributed by atoms with van der Waals surface area (Å²) in [5.74, 6) is 0. The number of hydrogen-bond acceptors (Lipinski definition) is 1. The zero-order chi connectivity index (χ0) is 9.52. The molecule has 0 radical (unpaired) electrons. The summed E-state index contributed by atoms with van der Waals surface area (Å²) in [6.07, 6.45) is 12.8. The van der Waals surface area contributed by atoms with E-state index in [0.29, 0.717) is 12.1 Å². The highest BCUT2D eigenvalue weighted by molar-refractivity contribution is 5.02. The summed E-state index contributed by atoms with van der Waals surface area (Å²) in [5.41, 5.74) is 0. The van der Waals surface area contributed by atoms with Crippen molar-refractivity contribution in [1.82, 2.24) is 5.32 Å². The largest absolute Gasteiger partial charge is 0.307 e. The molecule has 0 spiro atoms. The highest BCUT2D eigenvalue weighted by Gasteiger charge is 2.14. The van der Waals surface area contributed by atoms with Gasteiger partial charge in [-0.15, -0.1) is 6.58 Å². The third-order valence-electron chi connectivity index (χ3n) is 2.56. The van der Waals surface area contributed by atoms with Gasteiger partial charge in [-0.25, -0.2) is 0 Å². The van der Waals surface area contributed by atoms with Crippen molar-refractivity contribution < 1.29 is 0 Å². The van der Waals surface area contributed by atoms with Gasteiger partial charge in [-0.1, -0.05) is 38.0 Å². The van der Waals surface area contributed by atoms with Gasteiger partial charge in [0.15, 0.2) is 0 Å². The van der Waals surface area contributed by atoms with E-state index in [1.165, 1.54) is 19.3 Å². The van der Waals surface area contributed by atoms with E-state index in [2.05, 4.69) is 31.0 Å². The fourth-order valence-electron chi connectivity index (χ4n) is 1.80. The van der Waals surface area contributed by atoms with Crippen LogP contribution in [0, 0.1) is 0 Å². The van der Waals surface area contributed by atoms with Gasteiger partial charge in [0.05, 0.1) is 0 Å². The maximum atomic E-state index is 3.78. The van der Waals surface area contributed by atoms with E-state index in [4.69, 9.17) is 0 Å². The molecule has 1 rings (SSSR count). The monoisotopic (exact) mass is 179 g/mol. The molecule has 0 aromatic heterocycles. The van der Waals surface area contributed by atoms with E-state index in [-0.39, 0.29) is 0 Å². The first-order chi connectivity index (χ1) is 6.36. The molecule has 0 amide bonds.